The fourth-order valence-corrected chi connectivity index (χ4v) is 4.27. The van der Waals surface area contributed by atoms with Crippen LogP contribution in [0.2, 0.25) is 0 Å². The molecule has 31 heavy (non-hydrogen) atoms. The van der Waals surface area contributed by atoms with Crippen LogP contribution in [0.5, 0.6) is 11.5 Å². The smallest absolute Gasteiger partial charge is 0.496 e. The zero-order chi connectivity index (χ0) is 22.9. The summed E-state index contributed by atoms with van der Waals surface area (Å²) in [5.74, 6) is -3.42. The summed E-state index contributed by atoms with van der Waals surface area (Å²) >= 11 is 0. The first-order valence-electron chi connectivity index (χ1n) is 8.77. The Morgan fingerprint density at radius 1 is 1.10 bits per heavy atom. The number of alkyl halides is 3. The number of halogens is 3. The Hall–Kier alpha value is -2.93. The predicted octanol–water partition coefficient (Wildman–Crippen LogP) is 1.70. The van der Waals surface area contributed by atoms with Crippen molar-refractivity contribution in [3.8, 4) is 11.5 Å². The zero-order valence-electron chi connectivity index (χ0n) is 15.8. The standard InChI is InChI=1S/C18H13F3O9S/c1-6-12-14(17-10(28-6)5-11(22)29-17)16(24)13-8(15(12)23)3-7(4-9(13)27-2)30-31(25,26)18(19,20)21/h3-4,6,10,17H,5H2,1-2H3/t6-,10-,17+/m0/s1. The van der Waals surface area contributed by atoms with E-state index in [9.17, 15) is 36.0 Å². The Bertz CT molecular complexity index is 1170. The maximum Gasteiger partial charge on any atom is 0.534 e. The SMILES string of the molecule is COc1cc(OS(=O)(=O)C(F)(F)F)cc2c1C(=O)C1=C(C2=O)[C@H](C)O[C@H]2CC(=O)O[C@@H]12. The number of ether oxygens (including phenoxy) is 3. The van der Waals surface area contributed by atoms with Gasteiger partial charge in [-0.25, -0.2) is 0 Å². The van der Waals surface area contributed by atoms with Gasteiger partial charge in [-0.05, 0) is 13.0 Å². The maximum atomic E-state index is 13.3. The summed E-state index contributed by atoms with van der Waals surface area (Å²) in [5.41, 5.74) is -6.67. The van der Waals surface area contributed by atoms with Crippen molar-refractivity contribution in [2.75, 3.05) is 7.11 Å². The number of benzene rings is 1. The summed E-state index contributed by atoms with van der Waals surface area (Å²) < 4.78 is 80.6. The Balaban J connectivity index is 1.86. The lowest BCUT2D eigenvalue weighted by Gasteiger charge is -2.35. The quantitative estimate of drug-likeness (QED) is 0.375. The molecule has 0 saturated carbocycles. The van der Waals surface area contributed by atoms with Gasteiger partial charge in [0.1, 0.15) is 17.6 Å². The highest BCUT2D eigenvalue weighted by molar-refractivity contribution is 7.88. The van der Waals surface area contributed by atoms with Gasteiger partial charge in [0.05, 0.1) is 30.8 Å². The summed E-state index contributed by atoms with van der Waals surface area (Å²) in [7, 11) is -4.96. The van der Waals surface area contributed by atoms with Crippen LogP contribution in [0.25, 0.3) is 0 Å². The number of Topliss-reactive ketones (excluding diaryl/α,β-unsaturated/α-hetero) is 2. The van der Waals surface area contributed by atoms with Crippen LogP contribution in [0.15, 0.2) is 23.3 Å². The molecule has 166 valence electrons. The molecule has 1 aromatic rings. The second kappa shape index (κ2) is 6.79. The second-order valence-corrected chi connectivity index (χ2v) is 8.49. The number of carbonyl (C=O) groups is 3. The molecule has 0 unspecified atom stereocenters. The lowest BCUT2D eigenvalue weighted by atomic mass is 9.77. The second-order valence-electron chi connectivity index (χ2n) is 6.95. The molecule has 2 heterocycles. The van der Waals surface area contributed by atoms with Gasteiger partial charge in [0.15, 0.2) is 17.7 Å². The Morgan fingerprint density at radius 2 is 1.77 bits per heavy atom. The van der Waals surface area contributed by atoms with Crippen molar-refractivity contribution in [3.63, 3.8) is 0 Å². The molecule has 1 aliphatic carbocycles. The van der Waals surface area contributed by atoms with E-state index >= 15 is 0 Å². The van der Waals surface area contributed by atoms with Gasteiger partial charge in [-0.2, -0.15) is 21.6 Å². The van der Waals surface area contributed by atoms with Crippen molar-refractivity contribution < 1.29 is 54.4 Å². The number of hydrogen-bond donors (Lipinski definition) is 0. The molecule has 13 heteroatoms. The summed E-state index contributed by atoms with van der Waals surface area (Å²) in [6.45, 7) is 1.47. The van der Waals surface area contributed by atoms with Gasteiger partial charge in [0.2, 0.25) is 0 Å². The minimum absolute atomic E-state index is 0.0954. The minimum atomic E-state index is -6.03. The summed E-state index contributed by atoms with van der Waals surface area (Å²) in [5, 5.41) is 0. The van der Waals surface area contributed by atoms with E-state index in [0.717, 1.165) is 13.2 Å². The van der Waals surface area contributed by atoms with E-state index in [2.05, 4.69) is 4.18 Å². The van der Waals surface area contributed by atoms with Crippen molar-refractivity contribution in [2.24, 2.45) is 0 Å². The van der Waals surface area contributed by atoms with Gasteiger partial charge in [-0.1, -0.05) is 0 Å². The fraction of sp³-hybridized carbons (Fsp3) is 0.389. The fourth-order valence-electron chi connectivity index (χ4n) is 3.83. The third kappa shape index (κ3) is 3.19. The Morgan fingerprint density at radius 3 is 2.39 bits per heavy atom. The number of methoxy groups -OCH3 is 1. The topological polar surface area (TPSA) is 122 Å². The molecule has 0 radical (unpaired) electrons. The van der Waals surface area contributed by atoms with Crippen LogP contribution in [-0.2, 0) is 24.4 Å². The molecule has 2 aliphatic heterocycles. The first kappa shape index (κ1) is 21.3. The van der Waals surface area contributed by atoms with Crippen LogP contribution in [0.4, 0.5) is 13.2 Å². The molecule has 0 amide bonds. The van der Waals surface area contributed by atoms with Gasteiger partial charge < -0.3 is 18.4 Å². The Labute approximate surface area is 172 Å². The molecule has 1 saturated heterocycles. The normalized spacial score (nSPS) is 25.6. The van der Waals surface area contributed by atoms with Crippen LogP contribution in [0.3, 0.4) is 0 Å². The van der Waals surface area contributed by atoms with Gasteiger partial charge in [0.25, 0.3) is 0 Å². The minimum Gasteiger partial charge on any atom is -0.496 e. The zero-order valence-corrected chi connectivity index (χ0v) is 16.6. The third-order valence-electron chi connectivity index (χ3n) is 5.07. The summed E-state index contributed by atoms with van der Waals surface area (Å²) in [6, 6.07) is 1.46. The average Bonchev–Trinajstić information content (AvgIpc) is 3.02. The molecule has 0 aromatic heterocycles. The highest BCUT2D eigenvalue weighted by atomic mass is 32.2. The monoisotopic (exact) mass is 462 g/mol. The predicted molar refractivity (Wildman–Crippen MR) is 93.1 cm³/mol. The first-order chi connectivity index (χ1) is 14.4. The van der Waals surface area contributed by atoms with Crippen LogP contribution < -0.4 is 8.92 Å². The highest BCUT2D eigenvalue weighted by Crippen LogP contribution is 2.44. The van der Waals surface area contributed by atoms with E-state index in [1.807, 2.05) is 0 Å². The molecule has 9 nitrogen and oxygen atoms in total. The molecule has 4 rings (SSSR count). The number of esters is 1. The van der Waals surface area contributed by atoms with Crippen LogP contribution in [0, 0.1) is 0 Å². The third-order valence-corrected chi connectivity index (χ3v) is 6.05. The lowest BCUT2D eigenvalue weighted by molar-refractivity contribution is -0.140. The molecule has 0 N–H and O–H groups in total. The maximum absolute atomic E-state index is 13.3. The molecule has 0 bridgehead atoms. The van der Waals surface area contributed by atoms with E-state index in [4.69, 9.17) is 14.2 Å². The number of carbonyl (C=O) groups excluding carboxylic acids is 3. The first-order valence-corrected chi connectivity index (χ1v) is 10.2. The van der Waals surface area contributed by atoms with Gasteiger partial charge in [-0.15, -0.1) is 0 Å². The van der Waals surface area contributed by atoms with E-state index < -0.39 is 62.8 Å². The van der Waals surface area contributed by atoms with Crippen molar-refractivity contribution >= 4 is 27.7 Å². The number of hydrogen-bond acceptors (Lipinski definition) is 9. The summed E-state index contributed by atoms with van der Waals surface area (Å²) in [4.78, 5) is 38.1. The van der Waals surface area contributed by atoms with E-state index in [0.29, 0.717) is 6.07 Å². The van der Waals surface area contributed by atoms with Gasteiger partial charge >= 0.3 is 21.6 Å². The average molecular weight is 462 g/mol. The molecule has 1 fully saturated rings. The lowest BCUT2D eigenvalue weighted by Crippen LogP contribution is -2.44. The van der Waals surface area contributed by atoms with Crippen molar-refractivity contribution in [3.05, 3.63) is 34.4 Å². The number of ketones is 2. The van der Waals surface area contributed by atoms with Crippen LogP contribution >= 0.6 is 0 Å². The van der Waals surface area contributed by atoms with Crippen molar-refractivity contribution in [1.29, 1.82) is 0 Å². The summed E-state index contributed by atoms with van der Waals surface area (Å²) in [6.07, 6.45) is -2.93. The highest BCUT2D eigenvalue weighted by Gasteiger charge is 2.52. The number of rotatable bonds is 3. The van der Waals surface area contributed by atoms with E-state index in [1.165, 1.54) is 6.92 Å². The molecular formula is C18H13F3O9S. The molecule has 3 atom stereocenters. The number of fused-ring (bicyclic) bond motifs is 3. The molecule has 3 aliphatic rings. The van der Waals surface area contributed by atoms with Crippen LogP contribution in [-0.4, -0.2) is 56.9 Å². The van der Waals surface area contributed by atoms with Gasteiger partial charge in [0, 0.05) is 17.2 Å². The molecule has 1 aromatic carbocycles. The molecular weight excluding hydrogens is 449 g/mol. The van der Waals surface area contributed by atoms with E-state index in [-0.39, 0.29) is 28.9 Å². The van der Waals surface area contributed by atoms with Crippen LogP contribution in [0.1, 0.15) is 34.1 Å². The van der Waals surface area contributed by atoms with Crippen molar-refractivity contribution in [2.45, 2.75) is 37.2 Å². The van der Waals surface area contributed by atoms with E-state index in [1.54, 1.807) is 0 Å². The molecule has 0 spiro atoms. The largest absolute Gasteiger partial charge is 0.534 e. The van der Waals surface area contributed by atoms with Crippen molar-refractivity contribution in [1.82, 2.24) is 0 Å². The Kier molecular flexibility index (Phi) is 4.66. The van der Waals surface area contributed by atoms with Gasteiger partial charge in [-0.3, -0.25) is 14.4 Å².